The van der Waals surface area contributed by atoms with Crippen LogP contribution in [0.3, 0.4) is 0 Å². The second-order valence-corrected chi connectivity index (χ2v) is 8.29. The fraction of sp³-hybridized carbons (Fsp3) is 0.182. The van der Waals surface area contributed by atoms with Crippen molar-refractivity contribution in [2.75, 3.05) is 0 Å². The maximum Gasteiger partial charge on any atom is 0.297 e. The summed E-state index contributed by atoms with van der Waals surface area (Å²) in [7, 11) is -3.82. The third kappa shape index (κ3) is 2.85. The van der Waals surface area contributed by atoms with Crippen molar-refractivity contribution < 1.29 is 12.6 Å². The highest BCUT2D eigenvalue weighted by Gasteiger charge is 2.35. The Labute approximate surface area is 154 Å². The van der Waals surface area contributed by atoms with Gasteiger partial charge in [-0.15, -0.1) is 0 Å². The van der Waals surface area contributed by atoms with Gasteiger partial charge in [-0.1, -0.05) is 66.2 Å². The van der Waals surface area contributed by atoms with Gasteiger partial charge in [-0.3, -0.25) is 4.18 Å². The Balaban J connectivity index is 1.70. The largest absolute Gasteiger partial charge is 0.297 e. The Kier molecular flexibility index (Phi) is 4.17. The molecule has 0 aromatic heterocycles. The van der Waals surface area contributed by atoms with E-state index >= 15 is 0 Å². The van der Waals surface area contributed by atoms with E-state index in [-0.39, 0.29) is 10.8 Å². The van der Waals surface area contributed by atoms with Gasteiger partial charge >= 0.3 is 0 Å². The molecule has 0 saturated carbocycles. The normalized spacial score (nSPS) is 14.7. The third-order valence-corrected chi connectivity index (χ3v) is 6.35. The lowest BCUT2D eigenvalue weighted by Gasteiger charge is -2.22. The molecule has 132 valence electrons. The summed E-state index contributed by atoms with van der Waals surface area (Å²) in [6.45, 7) is 3.75. The maximum absolute atomic E-state index is 12.7. The molecule has 1 aliphatic rings. The zero-order chi connectivity index (χ0) is 18.3. The molecule has 0 aliphatic heterocycles. The highest BCUT2D eigenvalue weighted by molar-refractivity contribution is 7.86. The average molecular weight is 364 g/mol. The van der Waals surface area contributed by atoms with Crippen LogP contribution in [-0.4, -0.2) is 14.5 Å². The summed E-state index contributed by atoms with van der Waals surface area (Å²) in [4.78, 5) is 0.189. The predicted molar refractivity (Wildman–Crippen MR) is 103 cm³/mol. The van der Waals surface area contributed by atoms with Crippen LogP contribution in [0.4, 0.5) is 0 Å². The first-order chi connectivity index (χ1) is 12.5. The van der Waals surface area contributed by atoms with E-state index in [4.69, 9.17) is 4.18 Å². The second kappa shape index (κ2) is 6.38. The van der Waals surface area contributed by atoms with Gasteiger partial charge in [0, 0.05) is 5.92 Å². The Hall–Kier alpha value is -2.43. The first-order valence-electron chi connectivity index (χ1n) is 8.65. The summed E-state index contributed by atoms with van der Waals surface area (Å²) in [6.07, 6.45) is -0.508. The summed E-state index contributed by atoms with van der Waals surface area (Å²) in [5.41, 5.74) is 5.53. The molecule has 0 amide bonds. The van der Waals surface area contributed by atoms with Crippen LogP contribution in [0.25, 0.3) is 11.1 Å². The van der Waals surface area contributed by atoms with Gasteiger partial charge in [-0.05, 0) is 48.2 Å². The molecular weight excluding hydrogens is 344 g/mol. The van der Waals surface area contributed by atoms with Gasteiger partial charge in [0.2, 0.25) is 0 Å². The first-order valence-corrected chi connectivity index (χ1v) is 10.1. The number of benzene rings is 3. The molecule has 3 aromatic carbocycles. The fourth-order valence-electron chi connectivity index (χ4n) is 3.72. The molecule has 0 heterocycles. The highest BCUT2D eigenvalue weighted by atomic mass is 32.2. The van der Waals surface area contributed by atoms with Crippen LogP contribution in [0.5, 0.6) is 0 Å². The van der Waals surface area contributed by atoms with Crippen molar-refractivity contribution in [2.45, 2.75) is 30.8 Å². The van der Waals surface area contributed by atoms with Crippen LogP contribution < -0.4 is 0 Å². The van der Waals surface area contributed by atoms with Crippen molar-refractivity contribution in [3.63, 3.8) is 0 Å². The molecule has 3 nitrogen and oxygen atoms in total. The van der Waals surface area contributed by atoms with E-state index in [0.29, 0.717) is 0 Å². The molecule has 0 N–H and O–H groups in total. The van der Waals surface area contributed by atoms with E-state index in [2.05, 4.69) is 24.3 Å². The van der Waals surface area contributed by atoms with Crippen molar-refractivity contribution in [1.29, 1.82) is 0 Å². The first kappa shape index (κ1) is 17.0. The Morgan fingerprint density at radius 2 is 1.31 bits per heavy atom. The fourth-order valence-corrected chi connectivity index (χ4v) is 4.81. The van der Waals surface area contributed by atoms with Gasteiger partial charge in [0.05, 0.1) is 11.0 Å². The maximum atomic E-state index is 12.7. The topological polar surface area (TPSA) is 43.4 Å². The van der Waals surface area contributed by atoms with Gasteiger partial charge in [0.25, 0.3) is 10.1 Å². The minimum atomic E-state index is -3.82. The quantitative estimate of drug-likeness (QED) is 0.618. The minimum Gasteiger partial charge on any atom is -0.262 e. The minimum absolute atomic E-state index is 0.109. The second-order valence-electron chi connectivity index (χ2n) is 6.72. The Morgan fingerprint density at radius 1 is 0.808 bits per heavy atom. The van der Waals surface area contributed by atoms with Gasteiger partial charge < -0.3 is 0 Å². The average Bonchev–Trinajstić information content (AvgIpc) is 2.96. The predicted octanol–water partition coefficient (Wildman–Crippen LogP) is 4.90. The summed E-state index contributed by atoms with van der Waals surface area (Å²) >= 11 is 0. The van der Waals surface area contributed by atoms with E-state index in [1.54, 1.807) is 24.3 Å². The SMILES string of the molecule is Cc1ccc(S(=O)(=O)OC(C)C2c3ccccc3-c3ccccc32)cc1. The molecular formula is C22H20O3S. The lowest BCUT2D eigenvalue weighted by molar-refractivity contribution is 0.212. The van der Waals surface area contributed by atoms with Crippen molar-refractivity contribution in [3.05, 3.63) is 89.5 Å². The molecule has 0 spiro atoms. The summed E-state index contributed by atoms with van der Waals surface area (Å²) in [6, 6.07) is 23.0. The zero-order valence-electron chi connectivity index (χ0n) is 14.7. The van der Waals surface area contributed by atoms with Crippen LogP contribution in [0.2, 0.25) is 0 Å². The molecule has 0 radical (unpaired) electrons. The molecule has 4 rings (SSSR count). The molecule has 1 unspecified atom stereocenters. The molecule has 0 fully saturated rings. The van der Waals surface area contributed by atoms with Crippen molar-refractivity contribution in [2.24, 2.45) is 0 Å². The van der Waals surface area contributed by atoms with Crippen LogP contribution in [0.15, 0.2) is 77.7 Å². The smallest absolute Gasteiger partial charge is 0.262 e. The lowest BCUT2D eigenvalue weighted by Crippen LogP contribution is -2.22. The Bertz CT molecular complexity index is 1010. The zero-order valence-corrected chi connectivity index (χ0v) is 15.5. The van der Waals surface area contributed by atoms with Crippen molar-refractivity contribution >= 4 is 10.1 Å². The molecule has 26 heavy (non-hydrogen) atoms. The van der Waals surface area contributed by atoms with E-state index in [1.807, 2.05) is 38.1 Å². The summed E-state index contributed by atoms with van der Waals surface area (Å²) in [5, 5.41) is 0. The van der Waals surface area contributed by atoms with Crippen molar-refractivity contribution in [3.8, 4) is 11.1 Å². The van der Waals surface area contributed by atoms with Crippen LogP contribution >= 0.6 is 0 Å². The van der Waals surface area contributed by atoms with Crippen LogP contribution in [0, 0.1) is 6.92 Å². The lowest BCUT2D eigenvalue weighted by atomic mass is 9.92. The standard InChI is InChI=1S/C22H20O3S/c1-15-11-13-17(14-12-15)26(23,24)25-16(2)22-20-9-5-3-7-18(20)19-8-4-6-10-21(19)22/h3-14,16,22H,1-2H3. The van der Waals surface area contributed by atoms with Gasteiger partial charge in [0.15, 0.2) is 0 Å². The molecule has 0 bridgehead atoms. The van der Waals surface area contributed by atoms with E-state index in [9.17, 15) is 8.42 Å². The third-order valence-electron chi connectivity index (χ3n) is 4.94. The van der Waals surface area contributed by atoms with E-state index < -0.39 is 16.2 Å². The molecule has 3 aromatic rings. The summed E-state index contributed by atoms with van der Waals surface area (Å²) in [5.74, 6) is -0.109. The Morgan fingerprint density at radius 3 is 1.85 bits per heavy atom. The van der Waals surface area contributed by atoms with Crippen LogP contribution in [0.1, 0.15) is 29.5 Å². The van der Waals surface area contributed by atoms with Gasteiger partial charge in [-0.25, -0.2) is 0 Å². The molecule has 1 aliphatic carbocycles. The number of hydrogen-bond donors (Lipinski definition) is 0. The highest BCUT2D eigenvalue weighted by Crippen LogP contribution is 2.47. The number of aryl methyl sites for hydroxylation is 1. The van der Waals surface area contributed by atoms with Crippen molar-refractivity contribution in [1.82, 2.24) is 0 Å². The number of fused-ring (bicyclic) bond motifs is 3. The van der Waals surface area contributed by atoms with E-state index in [1.165, 1.54) is 0 Å². The van der Waals surface area contributed by atoms with Crippen LogP contribution in [-0.2, 0) is 14.3 Å². The molecule has 0 saturated heterocycles. The van der Waals surface area contributed by atoms with Gasteiger partial charge in [-0.2, -0.15) is 8.42 Å². The monoisotopic (exact) mass is 364 g/mol. The van der Waals surface area contributed by atoms with E-state index in [0.717, 1.165) is 27.8 Å². The number of rotatable bonds is 4. The summed E-state index contributed by atoms with van der Waals surface area (Å²) < 4.78 is 31.1. The number of hydrogen-bond acceptors (Lipinski definition) is 3. The molecule has 1 atom stereocenters. The molecule has 4 heteroatoms. The van der Waals surface area contributed by atoms with Gasteiger partial charge in [0.1, 0.15) is 0 Å².